The van der Waals surface area contributed by atoms with Crippen molar-refractivity contribution in [3.8, 4) is 0 Å². The highest BCUT2D eigenvalue weighted by Gasteiger charge is 1.87. The van der Waals surface area contributed by atoms with Crippen LogP contribution in [0.1, 0.15) is 6.92 Å². The minimum absolute atomic E-state index is 1.08. The third-order valence-corrected chi connectivity index (χ3v) is 1.39. The molecule has 0 aromatic carbocycles. The van der Waals surface area contributed by atoms with Crippen molar-refractivity contribution in [2.75, 3.05) is 0 Å². The second-order valence-corrected chi connectivity index (χ2v) is 2.14. The lowest BCUT2D eigenvalue weighted by Gasteiger charge is -1.95. The van der Waals surface area contributed by atoms with Gasteiger partial charge in [0.25, 0.3) is 0 Å². The summed E-state index contributed by atoms with van der Waals surface area (Å²) in [6, 6.07) is 0. The minimum atomic E-state index is 1.08. The number of allylic oxidation sites excluding steroid dienone is 7. The summed E-state index contributed by atoms with van der Waals surface area (Å²) in [5, 5.41) is 0. The maximum absolute atomic E-state index is 3.69. The number of rotatable bonds is 4. The molecular weight excluding hydrogens is 132 g/mol. The highest BCUT2D eigenvalue weighted by molar-refractivity contribution is 5.39. The lowest BCUT2D eigenvalue weighted by molar-refractivity contribution is 1.46. The molecule has 0 unspecified atom stereocenters. The zero-order valence-electron chi connectivity index (χ0n) is 7.01. The van der Waals surface area contributed by atoms with Crippen molar-refractivity contribution in [1.29, 1.82) is 0 Å². The predicted molar refractivity (Wildman–Crippen MR) is 52.4 cm³/mol. The van der Waals surface area contributed by atoms with Crippen LogP contribution < -0.4 is 0 Å². The zero-order chi connectivity index (χ0) is 8.69. The van der Waals surface area contributed by atoms with E-state index in [0.717, 1.165) is 11.1 Å². The summed E-state index contributed by atoms with van der Waals surface area (Å²) in [5.41, 5.74) is 2.21. The quantitative estimate of drug-likeness (QED) is 0.533. The van der Waals surface area contributed by atoms with Gasteiger partial charge in [0.05, 0.1) is 0 Å². The molecule has 0 aliphatic carbocycles. The van der Waals surface area contributed by atoms with Crippen molar-refractivity contribution in [2.45, 2.75) is 6.92 Å². The summed E-state index contributed by atoms with van der Waals surface area (Å²) in [5.74, 6) is 0. The van der Waals surface area contributed by atoms with Gasteiger partial charge in [0.15, 0.2) is 0 Å². The largest absolute Gasteiger partial charge is 0.0991 e. The van der Waals surface area contributed by atoms with Gasteiger partial charge in [-0.1, -0.05) is 50.1 Å². The topological polar surface area (TPSA) is 0 Å². The fourth-order valence-corrected chi connectivity index (χ4v) is 0.650. The van der Waals surface area contributed by atoms with E-state index < -0.39 is 0 Å². The molecule has 0 atom stereocenters. The average molecular weight is 146 g/mol. The van der Waals surface area contributed by atoms with E-state index in [1.54, 1.807) is 12.2 Å². The summed E-state index contributed by atoms with van der Waals surface area (Å²) >= 11 is 0. The summed E-state index contributed by atoms with van der Waals surface area (Å²) in [7, 11) is 0. The Labute approximate surface area is 68.9 Å². The van der Waals surface area contributed by atoms with E-state index in [2.05, 4.69) is 19.7 Å². The third kappa shape index (κ3) is 3.41. The molecule has 58 valence electrons. The monoisotopic (exact) mass is 146 g/mol. The zero-order valence-corrected chi connectivity index (χ0v) is 7.01. The van der Waals surface area contributed by atoms with Crippen LogP contribution in [0.4, 0.5) is 0 Å². The first kappa shape index (κ1) is 9.70. The Hall–Kier alpha value is -1.30. The molecule has 0 N–H and O–H groups in total. The third-order valence-electron chi connectivity index (χ3n) is 1.39. The second kappa shape index (κ2) is 5.48. The average Bonchev–Trinajstić information content (AvgIpc) is 2.05. The van der Waals surface area contributed by atoms with Crippen molar-refractivity contribution >= 4 is 0 Å². The van der Waals surface area contributed by atoms with Gasteiger partial charge in [-0.3, -0.25) is 0 Å². The minimum Gasteiger partial charge on any atom is -0.0991 e. The van der Waals surface area contributed by atoms with Crippen LogP contribution in [-0.2, 0) is 0 Å². The van der Waals surface area contributed by atoms with Crippen molar-refractivity contribution in [3.63, 3.8) is 0 Å². The van der Waals surface area contributed by atoms with Gasteiger partial charge in [-0.05, 0) is 18.1 Å². The molecular formula is C11H14. The smallest absolute Gasteiger partial charge is 0.0233 e. The molecule has 0 heterocycles. The van der Waals surface area contributed by atoms with Gasteiger partial charge >= 0.3 is 0 Å². The van der Waals surface area contributed by atoms with Gasteiger partial charge in [0, 0.05) is 0 Å². The van der Waals surface area contributed by atoms with Crippen LogP contribution >= 0.6 is 0 Å². The van der Waals surface area contributed by atoms with Crippen LogP contribution in [0, 0.1) is 0 Å². The fraction of sp³-hybridized carbons (Fsp3) is 0.0909. The molecule has 0 aliphatic rings. The molecule has 0 nitrogen and oxygen atoms in total. The standard InChI is InChI=1S/C11H14/c1-5-8-9-11(7-3)10(4)6-2/h5-9H,1-3H2,4H3. The molecule has 0 rings (SSSR count). The Morgan fingerprint density at radius 2 is 1.73 bits per heavy atom. The highest BCUT2D eigenvalue weighted by Crippen LogP contribution is 2.07. The van der Waals surface area contributed by atoms with E-state index in [1.165, 1.54) is 0 Å². The Morgan fingerprint density at radius 1 is 1.09 bits per heavy atom. The Bertz CT molecular complexity index is 214. The lowest BCUT2D eigenvalue weighted by Crippen LogP contribution is -1.75. The van der Waals surface area contributed by atoms with Crippen LogP contribution in [0.2, 0.25) is 0 Å². The number of hydrogen-bond donors (Lipinski definition) is 0. The van der Waals surface area contributed by atoms with Gasteiger partial charge in [0.1, 0.15) is 0 Å². The van der Waals surface area contributed by atoms with Gasteiger partial charge in [0.2, 0.25) is 0 Å². The molecule has 0 saturated heterocycles. The van der Waals surface area contributed by atoms with Crippen LogP contribution in [0.25, 0.3) is 0 Å². The Balaban J connectivity index is 4.64. The van der Waals surface area contributed by atoms with Gasteiger partial charge in [-0.15, -0.1) is 0 Å². The van der Waals surface area contributed by atoms with Gasteiger partial charge < -0.3 is 0 Å². The maximum atomic E-state index is 3.69. The molecule has 0 amide bonds. The van der Waals surface area contributed by atoms with E-state index in [-0.39, 0.29) is 0 Å². The van der Waals surface area contributed by atoms with E-state index >= 15 is 0 Å². The molecule has 0 aromatic heterocycles. The van der Waals surface area contributed by atoms with Crippen LogP contribution in [0.3, 0.4) is 0 Å². The van der Waals surface area contributed by atoms with E-state index in [9.17, 15) is 0 Å². The summed E-state index contributed by atoms with van der Waals surface area (Å²) in [4.78, 5) is 0. The highest BCUT2D eigenvalue weighted by atomic mass is 13.9. The van der Waals surface area contributed by atoms with E-state index in [0.29, 0.717) is 0 Å². The molecule has 0 bridgehead atoms. The maximum Gasteiger partial charge on any atom is -0.0233 e. The van der Waals surface area contributed by atoms with Gasteiger partial charge in [-0.2, -0.15) is 0 Å². The van der Waals surface area contributed by atoms with Crippen molar-refractivity contribution < 1.29 is 0 Å². The molecule has 0 aromatic rings. The van der Waals surface area contributed by atoms with Crippen LogP contribution in [0.15, 0.2) is 61.3 Å². The Kier molecular flexibility index (Phi) is 4.83. The van der Waals surface area contributed by atoms with Crippen LogP contribution in [-0.4, -0.2) is 0 Å². The first-order valence-electron chi connectivity index (χ1n) is 3.51. The van der Waals surface area contributed by atoms with Crippen molar-refractivity contribution in [3.05, 3.63) is 61.3 Å². The van der Waals surface area contributed by atoms with Crippen molar-refractivity contribution in [1.82, 2.24) is 0 Å². The first-order chi connectivity index (χ1) is 5.26. The second-order valence-electron chi connectivity index (χ2n) is 2.14. The molecule has 0 heteroatoms. The normalized spacial score (nSPS) is 12.5. The molecule has 0 fully saturated rings. The number of hydrogen-bond acceptors (Lipinski definition) is 0. The summed E-state index contributed by atoms with van der Waals surface area (Å²) in [6.45, 7) is 12.9. The summed E-state index contributed by atoms with van der Waals surface area (Å²) in [6.07, 6.45) is 9.18. The predicted octanol–water partition coefficient (Wildman–Crippen LogP) is 3.42. The molecule has 0 saturated carbocycles. The SMILES string of the molecule is C=CC=CC(C=C)=C(C)C=C. The van der Waals surface area contributed by atoms with Gasteiger partial charge in [-0.25, -0.2) is 0 Å². The molecule has 0 spiro atoms. The van der Waals surface area contributed by atoms with E-state index in [1.807, 2.05) is 25.2 Å². The lowest BCUT2D eigenvalue weighted by atomic mass is 10.1. The molecule has 11 heavy (non-hydrogen) atoms. The Morgan fingerprint density at radius 3 is 2.09 bits per heavy atom. The molecule has 0 radical (unpaired) electrons. The van der Waals surface area contributed by atoms with E-state index in [4.69, 9.17) is 0 Å². The fourth-order valence-electron chi connectivity index (χ4n) is 0.650. The summed E-state index contributed by atoms with van der Waals surface area (Å²) < 4.78 is 0. The molecule has 0 aliphatic heterocycles. The first-order valence-corrected chi connectivity index (χ1v) is 3.51. The van der Waals surface area contributed by atoms with Crippen molar-refractivity contribution in [2.24, 2.45) is 0 Å². The van der Waals surface area contributed by atoms with Crippen LogP contribution in [0.5, 0.6) is 0 Å².